The van der Waals surface area contributed by atoms with Crippen molar-refractivity contribution >= 4 is 45.6 Å². The lowest BCUT2D eigenvalue weighted by Gasteiger charge is -2.39. The molecular weight excluding hydrogens is 465 g/mol. The molecule has 26 heavy (non-hydrogen) atoms. The fourth-order valence-corrected chi connectivity index (χ4v) is 4.08. The second-order valence-corrected chi connectivity index (χ2v) is 9.79. The van der Waals surface area contributed by atoms with Crippen LogP contribution in [-0.4, -0.2) is 68.5 Å². The molecule has 1 fully saturated rings. The molecule has 1 aromatic heterocycles. The highest BCUT2D eigenvalue weighted by molar-refractivity contribution is 14.0. The zero-order valence-electron chi connectivity index (χ0n) is 16.2. The first kappa shape index (κ1) is 22.9. The van der Waals surface area contributed by atoms with Gasteiger partial charge in [0.2, 0.25) is 0 Å². The minimum Gasteiger partial charge on any atom is -0.363 e. The summed E-state index contributed by atoms with van der Waals surface area (Å²) in [7, 11) is 0.841. The quantitative estimate of drug-likeness (QED) is 0.390. The number of rotatable bonds is 4. The van der Waals surface area contributed by atoms with E-state index >= 15 is 0 Å². The predicted octanol–water partition coefficient (Wildman–Crippen LogP) is 1.74. The maximum absolute atomic E-state index is 12.2. The zero-order chi connectivity index (χ0) is 18.7. The van der Waals surface area contributed by atoms with Gasteiger partial charge in [-0.3, -0.25) is 0 Å². The van der Waals surface area contributed by atoms with Crippen molar-refractivity contribution in [3.05, 3.63) is 23.9 Å². The van der Waals surface area contributed by atoms with E-state index < -0.39 is 14.6 Å². The summed E-state index contributed by atoms with van der Waals surface area (Å²) in [6, 6.07) is 5.87. The molecule has 7 nitrogen and oxygen atoms in total. The van der Waals surface area contributed by atoms with Gasteiger partial charge in [0.05, 0.1) is 22.7 Å². The number of aliphatic imine (C=N–C) groups is 1. The van der Waals surface area contributed by atoms with Gasteiger partial charge >= 0.3 is 0 Å². The highest BCUT2D eigenvalue weighted by atomic mass is 127. The van der Waals surface area contributed by atoms with Gasteiger partial charge in [0, 0.05) is 33.7 Å². The summed E-state index contributed by atoms with van der Waals surface area (Å²) in [4.78, 5) is 13.2. The third-order valence-corrected chi connectivity index (χ3v) is 6.85. The van der Waals surface area contributed by atoms with Crippen LogP contribution in [0.1, 0.15) is 26.5 Å². The Bertz CT molecular complexity index is 734. The molecule has 0 aromatic carbocycles. The van der Waals surface area contributed by atoms with Crippen LogP contribution in [0.15, 0.2) is 23.2 Å². The topological polar surface area (TPSA) is 77.9 Å². The Morgan fingerprint density at radius 1 is 1.38 bits per heavy atom. The number of nitrogens with one attached hydrogen (secondary N) is 1. The third-order valence-electron chi connectivity index (χ3n) is 4.32. The van der Waals surface area contributed by atoms with Gasteiger partial charge in [-0.05, 0) is 32.9 Å². The van der Waals surface area contributed by atoms with Crippen molar-refractivity contribution in [3.63, 3.8) is 0 Å². The molecule has 0 aliphatic carbocycles. The first-order valence-corrected chi connectivity index (χ1v) is 10.2. The summed E-state index contributed by atoms with van der Waals surface area (Å²) in [5.74, 6) is 1.78. The Kier molecular flexibility index (Phi) is 8.12. The zero-order valence-corrected chi connectivity index (χ0v) is 19.3. The van der Waals surface area contributed by atoms with Crippen molar-refractivity contribution in [1.82, 2.24) is 15.2 Å². The molecule has 0 spiro atoms. The van der Waals surface area contributed by atoms with Gasteiger partial charge in [-0.2, -0.15) is 0 Å². The van der Waals surface area contributed by atoms with Gasteiger partial charge in [0.1, 0.15) is 5.82 Å². The molecule has 1 saturated heterocycles. The minimum absolute atomic E-state index is 0. The molecule has 0 atom stereocenters. The van der Waals surface area contributed by atoms with E-state index in [1.165, 1.54) is 0 Å². The first-order valence-electron chi connectivity index (χ1n) is 8.55. The average molecular weight is 495 g/mol. The van der Waals surface area contributed by atoms with Crippen molar-refractivity contribution in [1.29, 1.82) is 0 Å². The van der Waals surface area contributed by atoms with Crippen LogP contribution in [0.25, 0.3) is 0 Å². The van der Waals surface area contributed by atoms with Crippen LogP contribution in [-0.2, 0) is 16.4 Å². The molecule has 9 heteroatoms. The number of halogens is 1. The van der Waals surface area contributed by atoms with Crippen LogP contribution in [0.3, 0.4) is 0 Å². The van der Waals surface area contributed by atoms with E-state index in [1.807, 2.05) is 49.0 Å². The molecule has 2 rings (SSSR count). The Morgan fingerprint density at radius 2 is 2.08 bits per heavy atom. The summed E-state index contributed by atoms with van der Waals surface area (Å²) < 4.78 is 23.6. The van der Waals surface area contributed by atoms with E-state index in [1.54, 1.807) is 13.8 Å². The Labute approximate surface area is 174 Å². The number of anilines is 1. The van der Waals surface area contributed by atoms with Crippen LogP contribution < -0.4 is 10.2 Å². The maximum Gasteiger partial charge on any atom is 0.194 e. The smallest absolute Gasteiger partial charge is 0.194 e. The molecule has 0 radical (unpaired) electrons. The summed E-state index contributed by atoms with van der Waals surface area (Å²) in [6.45, 7) is 7.64. The van der Waals surface area contributed by atoms with E-state index in [0.29, 0.717) is 19.6 Å². The van der Waals surface area contributed by atoms with E-state index in [-0.39, 0.29) is 29.7 Å². The molecule has 148 valence electrons. The number of sulfone groups is 1. The summed E-state index contributed by atoms with van der Waals surface area (Å²) in [6.07, 6.45) is 0. The molecule has 1 N–H and O–H groups in total. The Balaban J connectivity index is 0.00000338. The molecular formula is C17H30IN5O2S. The fourth-order valence-electron chi connectivity index (χ4n) is 2.71. The summed E-state index contributed by atoms with van der Waals surface area (Å²) in [5.41, 5.74) is 0.880. The fraction of sp³-hybridized carbons (Fsp3) is 0.647. The highest BCUT2D eigenvalue weighted by Gasteiger charge is 2.40. The second kappa shape index (κ2) is 9.20. The highest BCUT2D eigenvalue weighted by Crippen LogP contribution is 2.23. The molecule has 0 bridgehead atoms. The van der Waals surface area contributed by atoms with Crippen LogP contribution >= 0.6 is 24.0 Å². The molecule has 1 aliphatic heterocycles. The first-order chi connectivity index (χ1) is 11.7. The number of hydrogen-bond donors (Lipinski definition) is 1. The normalized spacial score (nSPS) is 18.8. The largest absolute Gasteiger partial charge is 0.363 e. The van der Waals surface area contributed by atoms with E-state index in [0.717, 1.165) is 24.0 Å². The van der Waals surface area contributed by atoms with Crippen molar-refractivity contribution in [2.75, 3.05) is 44.4 Å². The van der Waals surface area contributed by atoms with E-state index in [4.69, 9.17) is 0 Å². The van der Waals surface area contributed by atoms with Crippen LogP contribution in [0, 0.1) is 0 Å². The van der Waals surface area contributed by atoms with Crippen LogP contribution in [0.5, 0.6) is 0 Å². The third kappa shape index (κ3) is 5.45. The minimum atomic E-state index is -3.07. The molecule has 2 heterocycles. The van der Waals surface area contributed by atoms with Crippen molar-refractivity contribution < 1.29 is 8.42 Å². The van der Waals surface area contributed by atoms with Crippen LogP contribution in [0.4, 0.5) is 5.82 Å². The van der Waals surface area contributed by atoms with Crippen molar-refractivity contribution in [2.24, 2.45) is 4.99 Å². The standard InChI is InChI=1S/C17H29N5O2S.HI/c1-6-18-16(22-10-11-25(23,24)17(2,3)13-22)19-12-14-8-7-9-15(20-14)21(4)5;/h7-9H,6,10-13H2,1-5H3,(H,18,19);1H. The van der Waals surface area contributed by atoms with Gasteiger partial charge in [0.15, 0.2) is 15.8 Å². The van der Waals surface area contributed by atoms with Gasteiger partial charge in [-0.1, -0.05) is 6.07 Å². The number of nitrogens with zero attached hydrogens (tertiary/aromatic N) is 4. The monoisotopic (exact) mass is 495 g/mol. The van der Waals surface area contributed by atoms with Gasteiger partial charge in [-0.25, -0.2) is 18.4 Å². The van der Waals surface area contributed by atoms with E-state index in [2.05, 4.69) is 15.3 Å². The lowest BCUT2D eigenvalue weighted by molar-refractivity contribution is 0.353. The number of guanidine groups is 1. The van der Waals surface area contributed by atoms with Gasteiger partial charge in [0.25, 0.3) is 0 Å². The Morgan fingerprint density at radius 3 is 2.65 bits per heavy atom. The molecule has 1 aliphatic rings. The van der Waals surface area contributed by atoms with Crippen LogP contribution in [0.2, 0.25) is 0 Å². The van der Waals surface area contributed by atoms with E-state index in [9.17, 15) is 8.42 Å². The van der Waals surface area contributed by atoms with Gasteiger partial charge < -0.3 is 15.1 Å². The number of hydrogen-bond acceptors (Lipinski definition) is 5. The lowest BCUT2D eigenvalue weighted by atomic mass is 10.2. The number of aromatic nitrogens is 1. The van der Waals surface area contributed by atoms with Crippen molar-refractivity contribution in [2.45, 2.75) is 32.1 Å². The summed E-state index contributed by atoms with van der Waals surface area (Å²) in [5, 5.41) is 3.27. The lowest BCUT2D eigenvalue weighted by Crippen LogP contribution is -2.57. The summed E-state index contributed by atoms with van der Waals surface area (Å²) >= 11 is 0. The molecule has 0 unspecified atom stereocenters. The predicted molar refractivity (Wildman–Crippen MR) is 118 cm³/mol. The molecule has 0 amide bonds. The van der Waals surface area contributed by atoms with Crippen molar-refractivity contribution in [3.8, 4) is 0 Å². The molecule has 0 saturated carbocycles. The average Bonchev–Trinajstić information content (AvgIpc) is 2.54. The molecule has 1 aromatic rings. The van der Waals surface area contributed by atoms with Gasteiger partial charge in [-0.15, -0.1) is 24.0 Å². The second-order valence-electron chi connectivity index (χ2n) is 7.05. The number of pyridine rings is 1. The maximum atomic E-state index is 12.2. The Hall–Kier alpha value is -1.10. The SMILES string of the molecule is CCNC(=NCc1cccc(N(C)C)n1)N1CCS(=O)(=O)C(C)(C)C1.I.